The van der Waals surface area contributed by atoms with Gasteiger partial charge < -0.3 is 14.8 Å². The van der Waals surface area contributed by atoms with Gasteiger partial charge in [-0.3, -0.25) is 0 Å². The molecule has 2 heterocycles. The highest BCUT2D eigenvalue weighted by molar-refractivity contribution is 6.29. The highest BCUT2D eigenvalue weighted by Gasteiger charge is 2.40. The average molecular weight is 232 g/mol. The second kappa shape index (κ2) is 4.83. The minimum Gasteiger partial charge on any atom is -0.378 e. The van der Waals surface area contributed by atoms with Crippen LogP contribution >= 0.6 is 11.6 Å². The van der Waals surface area contributed by atoms with E-state index in [1.807, 2.05) is 0 Å². The van der Waals surface area contributed by atoms with Gasteiger partial charge in [-0.1, -0.05) is 18.2 Å². The molecule has 2 fully saturated rings. The maximum atomic E-state index is 5.84. The third kappa shape index (κ3) is 2.94. The Hall–Kier alpha value is -0.0900. The van der Waals surface area contributed by atoms with E-state index in [1.54, 1.807) is 0 Å². The smallest absolute Gasteiger partial charge is 0.0951 e. The SMILES string of the molecule is C=C(Cl)CNC1CCOC2(CCOC2)C1. The van der Waals surface area contributed by atoms with Crippen molar-refractivity contribution in [2.24, 2.45) is 0 Å². The van der Waals surface area contributed by atoms with Crippen LogP contribution in [-0.2, 0) is 9.47 Å². The molecule has 2 unspecified atom stereocenters. The first-order chi connectivity index (χ1) is 7.20. The number of hydrogen-bond donors (Lipinski definition) is 1. The Morgan fingerprint density at radius 3 is 3.07 bits per heavy atom. The van der Waals surface area contributed by atoms with Crippen LogP contribution in [0.15, 0.2) is 11.6 Å². The van der Waals surface area contributed by atoms with E-state index in [4.69, 9.17) is 21.1 Å². The first-order valence-corrected chi connectivity index (χ1v) is 5.86. The quantitative estimate of drug-likeness (QED) is 0.802. The van der Waals surface area contributed by atoms with E-state index in [2.05, 4.69) is 11.9 Å². The summed E-state index contributed by atoms with van der Waals surface area (Å²) in [6, 6.07) is 0.482. The van der Waals surface area contributed by atoms with Gasteiger partial charge in [0.2, 0.25) is 0 Å². The summed E-state index contributed by atoms with van der Waals surface area (Å²) in [6.45, 7) is 6.75. The molecule has 15 heavy (non-hydrogen) atoms. The molecule has 1 spiro atoms. The molecule has 0 bridgehead atoms. The molecule has 2 rings (SSSR count). The average Bonchev–Trinajstić information content (AvgIpc) is 2.63. The van der Waals surface area contributed by atoms with E-state index in [9.17, 15) is 0 Å². The summed E-state index contributed by atoms with van der Waals surface area (Å²) in [4.78, 5) is 0. The third-order valence-corrected chi connectivity index (χ3v) is 3.28. The van der Waals surface area contributed by atoms with Gasteiger partial charge in [0, 0.05) is 37.3 Å². The highest BCUT2D eigenvalue weighted by atomic mass is 35.5. The summed E-state index contributed by atoms with van der Waals surface area (Å²) in [5.74, 6) is 0. The van der Waals surface area contributed by atoms with Crippen LogP contribution in [-0.4, -0.2) is 38.0 Å². The summed E-state index contributed by atoms with van der Waals surface area (Å²) in [5, 5.41) is 4.07. The Morgan fingerprint density at radius 2 is 2.40 bits per heavy atom. The van der Waals surface area contributed by atoms with Gasteiger partial charge in [0.1, 0.15) is 0 Å². The summed E-state index contributed by atoms with van der Waals surface area (Å²) >= 11 is 5.74. The van der Waals surface area contributed by atoms with Crippen LogP contribution < -0.4 is 5.32 Å². The molecule has 1 N–H and O–H groups in total. The van der Waals surface area contributed by atoms with Gasteiger partial charge in [0.15, 0.2) is 0 Å². The van der Waals surface area contributed by atoms with Gasteiger partial charge in [-0.15, -0.1) is 0 Å². The Kier molecular flexibility index (Phi) is 3.67. The molecule has 0 saturated carbocycles. The zero-order chi connectivity index (χ0) is 10.7. The van der Waals surface area contributed by atoms with Crippen LogP contribution in [0.3, 0.4) is 0 Å². The van der Waals surface area contributed by atoms with Gasteiger partial charge in [-0.2, -0.15) is 0 Å². The second-order valence-corrected chi connectivity index (χ2v) is 4.96. The monoisotopic (exact) mass is 231 g/mol. The molecule has 0 aliphatic carbocycles. The van der Waals surface area contributed by atoms with Crippen molar-refractivity contribution in [1.82, 2.24) is 5.32 Å². The molecule has 0 amide bonds. The lowest BCUT2D eigenvalue weighted by Crippen LogP contribution is -2.47. The van der Waals surface area contributed by atoms with Gasteiger partial charge in [-0.25, -0.2) is 0 Å². The van der Waals surface area contributed by atoms with E-state index in [-0.39, 0.29) is 5.60 Å². The van der Waals surface area contributed by atoms with Crippen molar-refractivity contribution < 1.29 is 9.47 Å². The first kappa shape index (κ1) is 11.4. The Labute approximate surface area is 95.8 Å². The molecule has 0 radical (unpaired) electrons. The number of hydrogen-bond acceptors (Lipinski definition) is 3. The van der Waals surface area contributed by atoms with Crippen LogP contribution in [0.4, 0.5) is 0 Å². The normalized spacial score (nSPS) is 35.9. The molecule has 0 aromatic rings. The topological polar surface area (TPSA) is 30.5 Å². The molecule has 2 saturated heterocycles. The van der Waals surface area contributed by atoms with E-state index >= 15 is 0 Å². The van der Waals surface area contributed by atoms with Crippen LogP contribution in [0, 0.1) is 0 Å². The lowest BCUT2D eigenvalue weighted by molar-refractivity contribution is -0.0889. The maximum Gasteiger partial charge on any atom is 0.0951 e. The fourth-order valence-corrected chi connectivity index (χ4v) is 2.40. The molecule has 2 aliphatic rings. The molecule has 0 aromatic carbocycles. The minimum absolute atomic E-state index is 0.0242. The molecule has 2 aliphatic heterocycles. The standard InChI is InChI=1S/C11H18ClNO2/c1-9(12)7-13-10-2-4-15-11(6-10)3-5-14-8-11/h10,13H,1-8H2. The highest BCUT2D eigenvalue weighted by Crippen LogP contribution is 2.32. The van der Waals surface area contributed by atoms with Gasteiger partial charge >= 0.3 is 0 Å². The molecular weight excluding hydrogens is 214 g/mol. The van der Waals surface area contributed by atoms with Crippen LogP contribution in [0.5, 0.6) is 0 Å². The summed E-state index contributed by atoms with van der Waals surface area (Å²) in [6.07, 6.45) is 3.09. The fraction of sp³-hybridized carbons (Fsp3) is 0.818. The van der Waals surface area contributed by atoms with E-state index in [0.717, 1.165) is 39.1 Å². The largest absolute Gasteiger partial charge is 0.378 e. The zero-order valence-electron chi connectivity index (χ0n) is 8.93. The molecule has 3 nitrogen and oxygen atoms in total. The second-order valence-electron chi connectivity index (χ2n) is 4.42. The van der Waals surface area contributed by atoms with E-state index < -0.39 is 0 Å². The van der Waals surface area contributed by atoms with Crippen LogP contribution in [0.1, 0.15) is 19.3 Å². The van der Waals surface area contributed by atoms with Gasteiger partial charge in [0.25, 0.3) is 0 Å². The summed E-state index contributed by atoms with van der Waals surface area (Å²) < 4.78 is 11.3. The maximum absolute atomic E-state index is 5.84. The Morgan fingerprint density at radius 1 is 1.53 bits per heavy atom. The van der Waals surface area contributed by atoms with Gasteiger partial charge in [0.05, 0.1) is 12.2 Å². The minimum atomic E-state index is -0.0242. The van der Waals surface area contributed by atoms with Crippen LogP contribution in [0.2, 0.25) is 0 Å². The molecule has 2 atom stereocenters. The zero-order valence-corrected chi connectivity index (χ0v) is 9.68. The third-order valence-electron chi connectivity index (χ3n) is 3.14. The molecule has 0 aromatic heterocycles. The number of halogens is 1. The number of rotatable bonds is 3. The van der Waals surface area contributed by atoms with Crippen molar-refractivity contribution in [2.75, 3.05) is 26.4 Å². The summed E-state index contributed by atoms with van der Waals surface area (Å²) in [5.41, 5.74) is -0.0242. The van der Waals surface area contributed by atoms with Crippen molar-refractivity contribution in [2.45, 2.75) is 30.9 Å². The predicted molar refractivity (Wildman–Crippen MR) is 60.1 cm³/mol. The first-order valence-electron chi connectivity index (χ1n) is 5.49. The fourth-order valence-electron chi connectivity index (χ4n) is 2.32. The van der Waals surface area contributed by atoms with Crippen LogP contribution in [0.25, 0.3) is 0 Å². The molecule has 4 heteroatoms. The Bertz CT molecular complexity index is 239. The lowest BCUT2D eigenvalue weighted by atomic mass is 9.90. The van der Waals surface area contributed by atoms with Crippen molar-refractivity contribution >= 4 is 11.6 Å². The van der Waals surface area contributed by atoms with E-state index in [0.29, 0.717) is 17.6 Å². The van der Waals surface area contributed by atoms with Crippen molar-refractivity contribution in [3.8, 4) is 0 Å². The van der Waals surface area contributed by atoms with Crippen molar-refractivity contribution in [1.29, 1.82) is 0 Å². The molecule has 86 valence electrons. The molecular formula is C11H18ClNO2. The Balaban J connectivity index is 1.84. The lowest BCUT2D eigenvalue weighted by Gasteiger charge is -2.37. The van der Waals surface area contributed by atoms with Gasteiger partial charge in [-0.05, 0) is 12.8 Å². The summed E-state index contributed by atoms with van der Waals surface area (Å²) in [7, 11) is 0. The van der Waals surface area contributed by atoms with Crippen molar-refractivity contribution in [3.05, 3.63) is 11.6 Å². The van der Waals surface area contributed by atoms with Crippen molar-refractivity contribution in [3.63, 3.8) is 0 Å². The predicted octanol–water partition coefficient (Wildman–Crippen LogP) is 1.67. The van der Waals surface area contributed by atoms with E-state index in [1.165, 1.54) is 0 Å². The number of ether oxygens (including phenoxy) is 2. The number of nitrogens with one attached hydrogen (secondary N) is 1.